The van der Waals surface area contributed by atoms with Crippen LogP contribution in [0.2, 0.25) is 0 Å². The number of carbonyl (C=O) groups excluding carboxylic acids is 3. The monoisotopic (exact) mass is 955 g/mol. The summed E-state index contributed by atoms with van der Waals surface area (Å²) in [5.41, 5.74) is 7.35. The number of anilines is 2. The molecule has 3 N–H and O–H groups in total. The lowest BCUT2D eigenvalue weighted by Gasteiger charge is -2.32. The maximum atomic E-state index is 16.2. The number of benzene rings is 2. The summed E-state index contributed by atoms with van der Waals surface area (Å²) in [5, 5.41) is 13.7. The van der Waals surface area contributed by atoms with Gasteiger partial charge in [0.05, 0.1) is 42.0 Å². The van der Waals surface area contributed by atoms with Crippen molar-refractivity contribution in [3.8, 4) is 5.69 Å². The van der Waals surface area contributed by atoms with Gasteiger partial charge >= 0.3 is 0 Å². The number of hydrogen-bond acceptors (Lipinski definition) is 10. The van der Waals surface area contributed by atoms with Gasteiger partial charge in [-0.2, -0.15) is 5.10 Å². The number of halogens is 3. The zero-order valence-electron chi connectivity index (χ0n) is 39.7. The molecule has 0 aliphatic carbocycles. The quantitative estimate of drug-likeness (QED) is 0.118. The van der Waals surface area contributed by atoms with E-state index in [1.165, 1.54) is 29.0 Å². The minimum Gasteiger partial charge on any atom is -0.386 e. The topological polar surface area (TPSA) is 155 Å². The Hall–Kier alpha value is -7.05. The summed E-state index contributed by atoms with van der Waals surface area (Å²) in [4.78, 5) is 61.6. The molecule has 0 unspecified atom stereocenters. The molecule has 2 saturated heterocycles. The van der Waals surface area contributed by atoms with Gasteiger partial charge in [0.25, 0.3) is 11.5 Å². The van der Waals surface area contributed by atoms with Crippen LogP contribution in [0.4, 0.5) is 24.5 Å². The van der Waals surface area contributed by atoms with Crippen LogP contribution < -0.4 is 21.5 Å². The molecule has 2 fully saturated rings. The van der Waals surface area contributed by atoms with Crippen LogP contribution in [0.25, 0.3) is 22.3 Å². The normalized spacial score (nSPS) is 18.7. The molecule has 0 radical (unpaired) electrons. The average Bonchev–Trinajstić information content (AvgIpc) is 3.92. The molecule has 0 spiro atoms. The molecule has 70 heavy (non-hydrogen) atoms. The van der Waals surface area contributed by atoms with Crippen molar-refractivity contribution in [1.82, 2.24) is 43.9 Å². The van der Waals surface area contributed by atoms with Gasteiger partial charge in [-0.05, 0) is 118 Å². The molecule has 2 atom stereocenters. The Morgan fingerprint density at radius 1 is 0.914 bits per heavy atom. The number of amides is 3. The molecule has 10 rings (SSSR count). The maximum Gasteiger partial charge on any atom is 0.257 e. The standard InChI is InChI=1S/C52H56F3N11O4/c1-30-21-34(22-41(54)49(30)33-12-17-63(18-13-33)31(2)46-25-39-45(9-14-57-50(39)61(46)4)65-29-42(55)44(56-3)26-48(65)68)52(70)64-19-20-66-37(28-64)23-36(60-66)27-62-15-10-32(11-16-62)38-6-5-35(24-40(38)53)58-43-7-8-47(67)59-51(43)69/h5-6,9,12,14,21-26,29,31-32,43,56,58H,7-8,10-11,13,15-20,27-28H2,1-4H3,(H,59,67,69)/t31-,43-/m0/s1. The number of nitrogens with one attached hydrogen (secondary N) is 3. The molecule has 2 aromatic carbocycles. The highest BCUT2D eigenvalue weighted by molar-refractivity contribution is 6.01. The molecule has 8 heterocycles. The SMILES string of the molecule is CNc1cc(=O)n(-c2ccnc3c2cc([C@H](C)N2CC=C(c4c(C)cc(C(=O)N5CCn6nc(CN7CCC(c8ccc(N[C@H]9CCC(=O)NC9=O)cc8F)CC7)cc6C5)cc4F)CC2)n3C)cc1F. The van der Waals surface area contributed by atoms with E-state index in [4.69, 9.17) is 5.10 Å². The van der Waals surface area contributed by atoms with Crippen molar-refractivity contribution < 1.29 is 27.6 Å². The second-order valence-electron chi connectivity index (χ2n) is 19.0. The van der Waals surface area contributed by atoms with Gasteiger partial charge in [-0.15, -0.1) is 0 Å². The summed E-state index contributed by atoms with van der Waals surface area (Å²) in [5.74, 6) is -2.14. The number of nitrogens with zero attached hydrogens (tertiary/aromatic N) is 8. The molecule has 15 nitrogen and oxygen atoms in total. The molecular weight excluding hydrogens is 900 g/mol. The molecule has 4 aliphatic rings. The van der Waals surface area contributed by atoms with Crippen molar-refractivity contribution in [2.24, 2.45) is 7.05 Å². The minimum absolute atomic E-state index is 0.0616. The molecule has 0 bridgehead atoms. The number of carbonyl (C=O) groups is 3. The van der Waals surface area contributed by atoms with E-state index in [0.29, 0.717) is 91.4 Å². The summed E-state index contributed by atoms with van der Waals surface area (Å²) in [6.07, 6.45) is 7.64. The van der Waals surface area contributed by atoms with Crippen LogP contribution in [-0.4, -0.2) is 102 Å². The molecule has 4 aromatic heterocycles. The van der Waals surface area contributed by atoms with Crippen LogP contribution in [0.1, 0.15) is 95.1 Å². The Balaban J connectivity index is 0.744. The maximum absolute atomic E-state index is 16.2. The van der Waals surface area contributed by atoms with Crippen LogP contribution in [0.3, 0.4) is 0 Å². The van der Waals surface area contributed by atoms with Crippen LogP contribution in [0.5, 0.6) is 0 Å². The van der Waals surface area contributed by atoms with E-state index in [-0.39, 0.29) is 47.3 Å². The van der Waals surface area contributed by atoms with E-state index in [0.717, 1.165) is 54.0 Å². The number of pyridine rings is 2. The van der Waals surface area contributed by atoms with Gasteiger partial charge < -0.3 is 20.1 Å². The Labute approximate surface area is 402 Å². The summed E-state index contributed by atoms with van der Waals surface area (Å²) in [6.45, 7) is 8.70. The summed E-state index contributed by atoms with van der Waals surface area (Å²) in [6, 6.07) is 14.5. The van der Waals surface area contributed by atoms with Crippen molar-refractivity contribution in [3.05, 3.63) is 140 Å². The molecule has 6 aromatic rings. The lowest BCUT2D eigenvalue weighted by atomic mass is 9.89. The van der Waals surface area contributed by atoms with Gasteiger partial charge in [0, 0.05) is 92.9 Å². The zero-order chi connectivity index (χ0) is 49.0. The lowest BCUT2D eigenvalue weighted by Crippen LogP contribution is -2.47. The fourth-order valence-corrected chi connectivity index (χ4v) is 10.8. The minimum atomic E-state index is -0.577. The molecule has 0 saturated carbocycles. The van der Waals surface area contributed by atoms with Crippen molar-refractivity contribution in [3.63, 3.8) is 0 Å². The molecule has 4 aliphatic heterocycles. The lowest BCUT2D eigenvalue weighted by molar-refractivity contribution is -0.133. The van der Waals surface area contributed by atoms with E-state index in [2.05, 4.69) is 43.7 Å². The van der Waals surface area contributed by atoms with E-state index in [1.54, 1.807) is 42.4 Å². The number of hydrogen-bond donors (Lipinski definition) is 3. The van der Waals surface area contributed by atoms with E-state index >= 15 is 8.78 Å². The van der Waals surface area contributed by atoms with Gasteiger partial charge in [0.1, 0.15) is 23.3 Å². The fourth-order valence-electron chi connectivity index (χ4n) is 10.8. The van der Waals surface area contributed by atoms with Crippen LogP contribution in [0, 0.1) is 24.4 Å². The third-order valence-corrected chi connectivity index (χ3v) is 14.7. The number of fused-ring (bicyclic) bond motifs is 2. The Morgan fingerprint density at radius 2 is 1.73 bits per heavy atom. The first-order valence-corrected chi connectivity index (χ1v) is 24.0. The molecular formula is C52H56F3N11O4. The van der Waals surface area contributed by atoms with Gasteiger partial charge in [-0.3, -0.25) is 43.5 Å². The number of piperidine rings is 2. The average molecular weight is 956 g/mol. The molecule has 3 amide bonds. The fraction of sp³-hybridized carbons (Fsp3) is 0.385. The van der Waals surface area contributed by atoms with Gasteiger partial charge in [-0.1, -0.05) is 12.1 Å². The van der Waals surface area contributed by atoms with E-state index < -0.39 is 23.6 Å². The highest BCUT2D eigenvalue weighted by atomic mass is 19.1. The van der Waals surface area contributed by atoms with E-state index in [9.17, 15) is 23.6 Å². The Kier molecular flexibility index (Phi) is 12.7. The van der Waals surface area contributed by atoms with Crippen LogP contribution in [-0.2, 0) is 36.3 Å². The third-order valence-electron chi connectivity index (χ3n) is 14.7. The number of imide groups is 1. The second kappa shape index (κ2) is 19.0. The second-order valence-corrected chi connectivity index (χ2v) is 19.0. The van der Waals surface area contributed by atoms with Gasteiger partial charge in [-0.25, -0.2) is 18.2 Å². The summed E-state index contributed by atoms with van der Waals surface area (Å²) < 4.78 is 51.5. The number of rotatable bonds is 11. The Bertz CT molecular complexity index is 3130. The van der Waals surface area contributed by atoms with Gasteiger partial charge in [0.15, 0.2) is 5.82 Å². The van der Waals surface area contributed by atoms with Crippen LogP contribution >= 0.6 is 0 Å². The highest BCUT2D eigenvalue weighted by Gasteiger charge is 2.31. The summed E-state index contributed by atoms with van der Waals surface area (Å²) in [7, 11) is 3.49. The predicted octanol–water partition coefficient (Wildman–Crippen LogP) is 6.79. The number of likely N-dealkylation sites (tertiary alicyclic amines) is 1. The smallest absolute Gasteiger partial charge is 0.257 e. The number of aromatic nitrogens is 5. The van der Waals surface area contributed by atoms with Crippen molar-refractivity contribution in [2.75, 3.05) is 50.4 Å². The van der Waals surface area contributed by atoms with E-state index in [1.807, 2.05) is 35.4 Å². The molecule has 18 heteroatoms. The van der Waals surface area contributed by atoms with Crippen molar-refractivity contribution >= 4 is 45.7 Å². The first-order chi connectivity index (χ1) is 33.7. The van der Waals surface area contributed by atoms with Crippen LogP contribution in [0.15, 0.2) is 77.9 Å². The molecule has 364 valence electrons. The van der Waals surface area contributed by atoms with Gasteiger partial charge in [0.2, 0.25) is 11.8 Å². The Morgan fingerprint density at radius 3 is 2.46 bits per heavy atom. The number of aryl methyl sites for hydroxylation is 2. The first-order valence-electron chi connectivity index (χ1n) is 24.0. The third kappa shape index (κ3) is 9.01. The predicted molar refractivity (Wildman–Crippen MR) is 260 cm³/mol. The van der Waals surface area contributed by atoms with Crippen molar-refractivity contribution in [1.29, 1.82) is 0 Å². The zero-order valence-corrected chi connectivity index (χ0v) is 39.7. The summed E-state index contributed by atoms with van der Waals surface area (Å²) >= 11 is 0. The highest BCUT2D eigenvalue weighted by Crippen LogP contribution is 2.36. The van der Waals surface area contributed by atoms with Crippen molar-refractivity contribution in [2.45, 2.75) is 83.6 Å². The first kappa shape index (κ1) is 46.7. The largest absolute Gasteiger partial charge is 0.386 e.